The number of carbonyl (C=O) groups is 2. The van der Waals surface area contributed by atoms with Crippen molar-refractivity contribution in [1.29, 1.82) is 0 Å². The molecule has 1 aliphatic rings. The van der Waals surface area contributed by atoms with E-state index in [4.69, 9.17) is 22.1 Å². The van der Waals surface area contributed by atoms with E-state index in [1.54, 1.807) is 32.0 Å². The highest BCUT2D eigenvalue weighted by Gasteiger charge is 2.47. The average molecular weight is 269 g/mol. The monoisotopic (exact) mass is 268 g/mol. The number of benzene rings is 1. The molecule has 0 spiro atoms. The van der Waals surface area contributed by atoms with Gasteiger partial charge in [-0.15, -0.1) is 0 Å². The highest BCUT2D eigenvalue weighted by Crippen LogP contribution is 2.27. The number of nitrogens with zero attached hydrogens (tertiary/aromatic N) is 1. The van der Waals surface area contributed by atoms with Crippen LogP contribution in [-0.4, -0.2) is 22.5 Å². The first-order valence-corrected chi connectivity index (χ1v) is 5.78. The average Bonchev–Trinajstić information content (AvgIpc) is 2.44. The van der Waals surface area contributed by atoms with Crippen LogP contribution in [0.5, 0.6) is 0 Å². The molecular formula is C12H13ClN2O3. The minimum Gasteiger partial charge on any atom is -0.433 e. The van der Waals surface area contributed by atoms with Gasteiger partial charge in [0.15, 0.2) is 5.60 Å². The fourth-order valence-corrected chi connectivity index (χ4v) is 1.97. The van der Waals surface area contributed by atoms with E-state index < -0.39 is 11.7 Å². The van der Waals surface area contributed by atoms with Crippen LogP contribution in [0, 0.1) is 0 Å². The number of anilines is 1. The Morgan fingerprint density at radius 2 is 2.06 bits per heavy atom. The molecule has 0 bridgehead atoms. The highest BCUT2D eigenvalue weighted by molar-refractivity contribution is 6.31. The Bertz CT molecular complexity index is 528. The minimum atomic E-state index is -1.11. The van der Waals surface area contributed by atoms with Crippen LogP contribution in [0.3, 0.4) is 0 Å². The first-order chi connectivity index (χ1) is 8.31. The number of cyclic esters (lactones) is 1. The second-order valence-corrected chi connectivity index (χ2v) is 5.03. The van der Waals surface area contributed by atoms with Crippen LogP contribution >= 0.6 is 11.6 Å². The molecule has 1 aromatic carbocycles. The normalized spacial score (nSPS) is 18.1. The van der Waals surface area contributed by atoms with Crippen molar-refractivity contribution in [3.05, 3.63) is 28.8 Å². The van der Waals surface area contributed by atoms with Gasteiger partial charge < -0.3 is 10.5 Å². The molecule has 2 rings (SSSR count). The van der Waals surface area contributed by atoms with Gasteiger partial charge in [-0.2, -0.15) is 0 Å². The van der Waals surface area contributed by atoms with Gasteiger partial charge in [0.25, 0.3) is 5.91 Å². The van der Waals surface area contributed by atoms with Crippen molar-refractivity contribution >= 4 is 29.3 Å². The summed E-state index contributed by atoms with van der Waals surface area (Å²) in [6.07, 6.45) is -0.655. The fraction of sp³-hybridized carbons (Fsp3) is 0.333. The van der Waals surface area contributed by atoms with Crippen molar-refractivity contribution in [2.24, 2.45) is 0 Å². The van der Waals surface area contributed by atoms with Crippen LogP contribution in [0.15, 0.2) is 18.2 Å². The Morgan fingerprint density at radius 3 is 2.56 bits per heavy atom. The van der Waals surface area contributed by atoms with E-state index in [0.29, 0.717) is 16.3 Å². The van der Waals surface area contributed by atoms with Crippen LogP contribution in [0.1, 0.15) is 19.4 Å². The first kappa shape index (κ1) is 12.7. The maximum atomic E-state index is 11.9. The molecule has 0 atom stereocenters. The van der Waals surface area contributed by atoms with Gasteiger partial charge in [0, 0.05) is 10.7 Å². The van der Waals surface area contributed by atoms with Gasteiger partial charge in [-0.25, -0.2) is 9.69 Å². The van der Waals surface area contributed by atoms with Crippen molar-refractivity contribution < 1.29 is 14.3 Å². The minimum absolute atomic E-state index is 0.0835. The zero-order valence-electron chi connectivity index (χ0n) is 10.1. The number of halogens is 1. The van der Waals surface area contributed by atoms with Gasteiger partial charge in [-0.1, -0.05) is 17.7 Å². The van der Waals surface area contributed by atoms with Crippen molar-refractivity contribution in [2.45, 2.75) is 26.0 Å². The number of hydrogen-bond acceptors (Lipinski definition) is 4. The highest BCUT2D eigenvalue weighted by atomic mass is 35.5. The Morgan fingerprint density at radius 1 is 1.39 bits per heavy atom. The van der Waals surface area contributed by atoms with Crippen LogP contribution in [0.25, 0.3) is 0 Å². The predicted molar refractivity (Wildman–Crippen MR) is 67.0 cm³/mol. The summed E-state index contributed by atoms with van der Waals surface area (Å²) >= 11 is 6.00. The van der Waals surface area contributed by atoms with E-state index in [-0.39, 0.29) is 12.5 Å². The van der Waals surface area contributed by atoms with E-state index >= 15 is 0 Å². The Kier molecular flexibility index (Phi) is 2.94. The Labute approximate surface area is 109 Å². The zero-order chi connectivity index (χ0) is 13.5. The van der Waals surface area contributed by atoms with Gasteiger partial charge in [-0.05, 0) is 31.5 Å². The number of hydrogen-bond donors (Lipinski definition) is 1. The van der Waals surface area contributed by atoms with E-state index in [9.17, 15) is 9.59 Å². The molecule has 0 aromatic heterocycles. The Hall–Kier alpha value is -1.75. The first-order valence-electron chi connectivity index (χ1n) is 5.40. The maximum absolute atomic E-state index is 11.9. The fourth-order valence-electron chi connectivity index (χ4n) is 1.72. The van der Waals surface area contributed by atoms with E-state index in [2.05, 4.69) is 0 Å². The molecule has 1 aromatic rings. The molecule has 1 fully saturated rings. The number of nitrogens with two attached hydrogens (primary N) is 1. The van der Waals surface area contributed by atoms with Crippen LogP contribution in [-0.2, 0) is 16.1 Å². The molecule has 0 unspecified atom stereocenters. The second-order valence-electron chi connectivity index (χ2n) is 4.62. The third-order valence-corrected chi connectivity index (χ3v) is 3.08. The molecule has 96 valence electrons. The largest absolute Gasteiger partial charge is 0.433 e. The molecule has 2 N–H and O–H groups in total. The van der Waals surface area contributed by atoms with Crippen molar-refractivity contribution in [1.82, 2.24) is 4.90 Å². The predicted octanol–water partition coefficient (Wildman–Crippen LogP) is 2.18. The summed E-state index contributed by atoms with van der Waals surface area (Å²) in [5.41, 5.74) is 5.64. The summed E-state index contributed by atoms with van der Waals surface area (Å²) in [6.45, 7) is 3.19. The number of imide groups is 1. The lowest BCUT2D eigenvalue weighted by atomic mass is 10.1. The number of amides is 2. The number of rotatable bonds is 2. The summed E-state index contributed by atoms with van der Waals surface area (Å²) in [6, 6.07) is 4.93. The topological polar surface area (TPSA) is 72.6 Å². The molecule has 1 heterocycles. The van der Waals surface area contributed by atoms with Gasteiger partial charge in [0.1, 0.15) is 0 Å². The van der Waals surface area contributed by atoms with Crippen molar-refractivity contribution in [3.63, 3.8) is 0 Å². The van der Waals surface area contributed by atoms with Crippen LogP contribution < -0.4 is 5.73 Å². The molecule has 18 heavy (non-hydrogen) atoms. The number of nitrogen functional groups attached to an aromatic ring is 1. The third-order valence-electron chi connectivity index (χ3n) is 2.73. The SMILES string of the molecule is CC1(C)OC(=O)N(Cc2ccc(N)cc2Cl)C1=O. The van der Waals surface area contributed by atoms with E-state index in [1.807, 2.05) is 0 Å². The lowest BCUT2D eigenvalue weighted by Gasteiger charge is -2.14. The van der Waals surface area contributed by atoms with Gasteiger partial charge >= 0.3 is 6.09 Å². The van der Waals surface area contributed by atoms with Crippen LogP contribution in [0.2, 0.25) is 5.02 Å². The summed E-state index contributed by atoms with van der Waals surface area (Å²) in [4.78, 5) is 24.6. The lowest BCUT2D eigenvalue weighted by Crippen LogP contribution is -2.35. The van der Waals surface area contributed by atoms with Gasteiger partial charge in [-0.3, -0.25) is 4.79 Å². The summed E-state index contributed by atoms with van der Waals surface area (Å²) < 4.78 is 4.98. The molecule has 6 heteroatoms. The number of carbonyl (C=O) groups excluding carboxylic acids is 2. The molecular weight excluding hydrogens is 256 g/mol. The standard InChI is InChI=1S/C12H13ClN2O3/c1-12(2)10(16)15(11(17)18-12)6-7-3-4-8(14)5-9(7)13/h3-5H,6,14H2,1-2H3. The third kappa shape index (κ3) is 2.13. The van der Waals surface area contributed by atoms with Crippen LogP contribution in [0.4, 0.5) is 10.5 Å². The summed E-state index contributed by atoms with van der Waals surface area (Å²) in [5.74, 6) is -0.375. The molecule has 2 amide bonds. The molecule has 0 radical (unpaired) electrons. The molecule has 1 aliphatic heterocycles. The van der Waals surface area contributed by atoms with Crippen molar-refractivity contribution in [3.8, 4) is 0 Å². The van der Waals surface area contributed by atoms with Crippen molar-refractivity contribution in [2.75, 3.05) is 5.73 Å². The zero-order valence-corrected chi connectivity index (χ0v) is 10.8. The van der Waals surface area contributed by atoms with Gasteiger partial charge in [0.2, 0.25) is 0 Å². The quantitative estimate of drug-likeness (QED) is 0.835. The molecule has 0 aliphatic carbocycles. The molecule has 0 saturated carbocycles. The number of ether oxygens (including phenoxy) is 1. The maximum Gasteiger partial charge on any atom is 0.418 e. The summed E-state index contributed by atoms with van der Waals surface area (Å²) in [7, 11) is 0. The smallest absolute Gasteiger partial charge is 0.418 e. The van der Waals surface area contributed by atoms with E-state index in [1.165, 1.54) is 0 Å². The molecule has 5 nitrogen and oxygen atoms in total. The lowest BCUT2D eigenvalue weighted by molar-refractivity contribution is -0.134. The summed E-state index contributed by atoms with van der Waals surface area (Å²) in [5, 5.41) is 0.417. The molecule has 1 saturated heterocycles. The van der Waals surface area contributed by atoms with Gasteiger partial charge in [0.05, 0.1) is 6.54 Å². The second kappa shape index (κ2) is 4.17. The van der Waals surface area contributed by atoms with E-state index in [0.717, 1.165) is 4.90 Å². The Balaban J connectivity index is 2.24.